The fourth-order valence-electron chi connectivity index (χ4n) is 1.44. The maximum Gasteiger partial charge on any atom is 0.201 e. The number of nitrogens with one attached hydrogen (secondary N) is 2. The average molecular weight is 299 g/mol. The Labute approximate surface area is 126 Å². The minimum absolute atomic E-state index is 0.159. The Morgan fingerprint density at radius 1 is 1.38 bits per heavy atom. The number of hydrogen-bond acceptors (Lipinski definition) is 6. The van der Waals surface area contributed by atoms with Crippen molar-refractivity contribution in [1.82, 2.24) is 0 Å². The summed E-state index contributed by atoms with van der Waals surface area (Å²) in [5.41, 5.74) is 8.37. The second-order valence-corrected chi connectivity index (χ2v) is 5.02. The predicted molar refractivity (Wildman–Crippen MR) is 83.7 cm³/mol. The molecule has 1 heterocycles. The Morgan fingerprint density at radius 2 is 2.14 bits per heavy atom. The van der Waals surface area contributed by atoms with E-state index >= 15 is 0 Å². The van der Waals surface area contributed by atoms with E-state index in [2.05, 4.69) is 10.5 Å². The van der Waals surface area contributed by atoms with Crippen LogP contribution in [0, 0.1) is 16.7 Å². The third-order valence-corrected chi connectivity index (χ3v) is 3.32. The molecule has 1 aromatic heterocycles. The lowest BCUT2D eigenvalue weighted by Gasteiger charge is -2.06. The Morgan fingerprint density at radius 3 is 2.71 bits per heavy atom. The molecule has 0 amide bonds. The number of benzene rings is 1. The first-order valence-corrected chi connectivity index (χ1v) is 6.90. The molecular formula is C14H13N5OS. The number of hydrazone groups is 1. The van der Waals surface area contributed by atoms with Crippen LogP contribution in [-0.2, 0) is 6.61 Å². The zero-order valence-electron chi connectivity index (χ0n) is 11.0. The van der Waals surface area contributed by atoms with Crippen LogP contribution >= 0.6 is 11.3 Å². The molecule has 106 valence electrons. The highest BCUT2D eigenvalue weighted by Gasteiger charge is 2.01. The van der Waals surface area contributed by atoms with Gasteiger partial charge in [-0.15, -0.1) is 11.3 Å². The second-order valence-electron chi connectivity index (χ2n) is 3.99. The smallest absolute Gasteiger partial charge is 0.201 e. The van der Waals surface area contributed by atoms with Crippen LogP contribution in [0.25, 0.3) is 0 Å². The number of anilines is 1. The standard InChI is InChI=1S/C14H13N5OS/c15-8-13(14(16)17)19-18-10-3-5-11(6-4-10)20-9-12-2-1-7-21-12/h1-7,18H,9H2,(H3,16,17)/b19-13+. The van der Waals surface area contributed by atoms with Crippen LogP contribution in [-0.4, -0.2) is 11.5 Å². The summed E-state index contributed by atoms with van der Waals surface area (Å²) in [5.74, 6) is 0.367. The van der Waals surface area contributed by atoms with E-state index in [1.165, 1.54) is 0 Å². The molecule has 4 N–H and O–H groups in total. The summed E-state index contributed by atoms with van der Waals surface area (Å²) < 4.78 is 5.63. The molecule has 0 spiro atoms. The van der Waals surface area contributed by atoms with Crippen molar-refractivity contribution in [3.63, 3.8) is 0 Å². The molecule has 0 bridgehead atoms. The number of nitrogens with zero attached hydrogens (tertiary/aromatic N) is 2. The minimum atomic E-state index is -0.374. The lowest BCUT2D eigenvalue weighted by molar-refractivity contribution is 0.310. The van der Waals surface area contributed by atoms with Gasteiger partial charge in [0.05, 0.1) is 5.69 Å². The quantitative estimate of drug-likeness (QED) is 0.433. The van der Waals surface area contributed by atoms with Crippen molar-refractivity contribution in [3.8, 4) is 11.8 Å². The molecule has 0 saturated carbocycles. The van der Waals surface area contributed by atoms with Crippen LogP contribution in [0.3, 0.4) is 0 Å². The van der Waals surface area contributed by atoms with Crippen molar-refractivity contribution < 1.29 is 4.74 Å². The molecule has 7 heteroatoms. The van der Waals surface area contributed by atoms with Gasteiger partial charge in [-0.05, 0) is 35.7 Å². The van der Waals surface area contributed by atoms with Crippen LogP contribution in [0.15, 0.2) is 46.9 Å². The van der Waals surface area contributed by atoms with Gasteiger partial charge in [-0.25, -0.2) is 0 Å². The highest BCUT2D eigenvalue weighted by Crippen LogP contribution is 2.18. The van der Waals surface area contributed by atoms with Crippen molar-refractivity contribution >= 4 is 28.6 Å². The summed E-state index contributed by atoms with van der Waals surface area (Å²) in [6.07, 6.45) is 0. The Balaban J connectivity index is 1.93. The number of amidine groups is 1. The average Bonchev–Trinajstić information content (AvgIpc) is 3.00. The van der Waals surface area contributed by atoms with Crippen LogP contribution < -0.4 is 15.9 Å². The Hall–Kier alpha value is -2.85. The molecule has 2 rings (SSSR count). The minimum Gasteiger partial charge on any atom is -0.488 e. The van der Waals surface area contributed by atoms with Crippen LogP contribution in [0.5, 0.6) is 5.75 Å². The SMILES string of the molecule is N#C/C(=N\Nc1ccc(OCc2cccs2)cc1)C(=N)N. The topological polar surface area (TPSA) is 107 Å². The number of ether oxygens (including phenoxy) is 1. The summed E-state index contributed by atoms with van der Waals surface area (Å²) in [4.78, 5) is 1.15. The molecular weight excluding hydrogens is 286 g/mol. The van der Waals surface area contributed by atoms with Gasteiger partial charge in [-0.2, -0.15) is 10.4 Å². The molecule has 0 radical (unpaired) electrons. The molecule has 0 unspecified atom stereocenters. The van der Waals surface area contributed by atoms with Crippen LogP contribution in [0.2, 0.25) is 0 Å². The molecule has 21 heavy (non-hydrogen) atoms. The predicted octanol–water partition coefficient (Wildman–Crippen LogP) is 2.55. The van der Waals surface area contributed by atoms with E-state index in [9.17, 15) is 0 Å². The van der Waals surface area contributed by atoms with Gasteiger partial charge in [0.15, 0.2) is 5.84 Å². The monoisotopic (exact) mass is 299 g/mol. The van der Waals surface area contributed by atoms with Gasteiger partial charge in [-0.3, -0.25) is 10.8 Å². The number of rotatable bonds is 6. The van der Waals surface area contributed by atoms with E-state index in [1.54, 1.807) is 41.7 Å². The van der Waals surface area contributed by atoms with E-state index in [4.69, 9.17) is 21.1 Å². The lowest BCUT2D eigenvalue weighted by atomic mass is 10.3. The summed E-state index contributed by atoms with van der Waals surface area (Å²) in [6, 6.07) is 12.9. The molecule has 0 aliphatic rings. The van der Waals surface area contributed by atoms with Gasteiger partial charge in [0, 0.05) is 4.88 Å². The first-order valence-electron chi connectivity index (χ1n) is 6.02. The van der Waals surface area contributed by atoms with Crippen molar-refractivity contribution in [2.75, 3.05) is 5.43 Å². The molecule has 0 aliphatic carbocycles. The third-order valence-electron chi connectivity index (χ3n) is 2.47. The molecule has 0 fully saturated rings. The molecule has 0 atom stereocenters. The van der Waals surface area contributed by atoms with Crippen molar-refractivity contribution in [3.05, 3.63) is 46.7 Å². The zero-order chi connectivity index (χ0) is 15.1. The van der Waals surface area contributed by atoms with E-state index in [1.807, 2.05) is 17.5 Å². The van der Waals surface area contributed by atoms with Crippen LogP contribution in [0.4, 0.5) is 5.69 Å². The van der Waals surface area contributed by atoms with Crippen molar-refractivity contribution in [2.24, 2.45) is 10.8 Å². The van der Waals surface area contributed by atoms with E-state index in [0.717, 1.165) is 10.6 Å². The molecule has 0 saturated heterocycles. The second kappa shape index (κ2) is 7.07. The normalized spacial score (nSPS) is 10.7. The fourth-order valence-corrected chi connectivity index (χ4v) is 2.06. The van der Waals surface area contributed by atoms with E-state index < -0.39 is 0 Å². The molecule has 6 nitrogen and oxygen atoms in total. The van der Waals surface area contributed by atoms with Gasteiger partial charge < -0.3 is 10.5 Å². The first-order chi connectivity index (χ1) is 10.2. The first kappa shape index (κ1) is 14.6. The lowest BCUT2D eigenvalue weighted by Crippen LogP contribution is -2.21. The highest BCUT2D eigenvalue weighted by molar-refractivity contribution is 7.09. The largest absolute Gasteiger partial charge is 0.488 e. The summed E-state index contributed by atoms with van der Waals surface area (Å²) in [6.45, 7) is 0.533. The number of thiophene rings is 1. The Kier molecular flexibility index (Phi) is 4.90. The Bertz CT molecular complexity index is 670. The van der Waals surface area contributed by atoms with Gasteiger partial charge in [0.1, 0.15) is 18.4 Å². The van der Waals surface area contributed by atoms with Crippen molar-refractivity contribution in [2.45, 2.75) is 6.61 Å². The van der Waals surface area contributed by atoms with E-state index in [-0.39, 0.29) is 11.5 Å². The summed E-state index contributed by atoms with van der Waals surface area (Å²) in [5, 5.41) is 21.6. The van der Waals surface area contributed by atoms with Gasteiger partial charge in [-0.1, -0.05) is 6.07 Å². The number of nitriles is 1. The van der Waals surface area contributed by atoms with Gasteiger partial charge in [0.2, 0.25) is 5.71 Å². The molecule has 1 aromatic carbocycles. The maximum atomic E-state index is 8.72. The highest BCUT2D eigenvalue weighted by atomic mass is 32.1. The van der Waals surface area contributed by atoms with Gasteiger partial charge >= 0.3 is 0 Å². The molecule has 0 aliphatic heterocycles. The third kappa shape index (κ3) is 4.33. The number of hydrogen-bond donors (Lipinski definition) is 3. The van der Waals surface area contributed by atoms with Crippen LogP contribution in [0.1, 0.15) is 4.88 Å². The van der Waals surface area contributed by atoms with Crippen molar-refractivity contribution in [1.29, 1.82) is 10.7 Å². The molecule has 2 aromatic rings. The maximum absolute atomic E-state index is 8.72. The van der Waals surface area contributed by atoms with Gasteiger partial charge in [0.25, 0.3) is 0 Å². The summed E-state index contributed by atoms with van der Waals surface area (Å²) in [7, 11) is 0. The van der Waals surface area contributed by atoms with E-state index in [0.29, 0.717) is 12.3 Å². The summed E-state index contributed by atoms with van der Waals surface area (Å²) >= 11 is 1.64. The fraction of sp³-hybridized carbons (Fsp3) is 0.0714. The zero-order valence-corrected chi connectivity index (χ0v) is 11.9. The number of nitrogens with two attached hydrogens (primary N) is 1.